The van der Waals surface area contributed by atoms with Gasteiger partial charge in [-0.1, -0.05) is 41.0 Å². The van der Waals surface area contributed by atoms with Crippen LogP contribution < -0.4 is 10.2 Å². The highest BCUT2D eigenvalue weighted by molar-refractivity contribution is 7.99. The summed E-state index contributed by atoms with van der Waals surface area (Å²) in [7, 11) is 0. The van der Waals surface area contributed by atoms with Gasteiger partial charge in [0.15, 0.2) is 0 Å². The number of hydrogen-bond acceptors (Lipinski definition) is 7. The molecule has 1 saturated heterocycles. The molecule has 1 aliphatic heterocycles. The van der Waals surface area contributed by atoms with Crippen molar-refractivity contribution in [3.63, 3.8) is 0 Å². The van der Waals surface area contributed by atoms with E-state index in [9.17, 15) is 9.59 Å². The van der Waals surface area contributed by atoms with E-state index in [1.165, 1.54) is 0 Å². The molecule has 8 nitrogen and oxygen atoms in total. The monoisotopic (exact) mass is 567 g/mol. The van der Waals surface area contributed by atoms with Crippen LogP contribution in [0.3, 0.4) is 0 Å². The molecular formula is C27H23Cl2N5O3S. The van der Waals surface area contributed by atoms with Crippen molar-refractivity contribution in [2.24, 2.45) is 0 Å². The minimum Gasteiger partial charge on any atom is -0.411 e. The molecule has 2 amide bonds. The van der Waals surface area contributed by atoms with Crippen molar-refractivity contribution in [3.8, 4) is 11.5 Å². The van der Waals surface area contributed by atoms with Gasteiger partial charge < -0.3 is 19.5 Å². The second-order valence-electron chi connectivity index (χ2n) is 8.55. The number of benzene rings is 3. The molecule has 1 aliphatic rings. The van der Waals surface area contributed by atoms with Crippen LogP contribution in [0.15, 0.2) is 82.4 Å². The Morgan fingerprint density at radius 1 is 0.895 bits per heavy atom. The molecule has 0 unspecified atom stereocenters. The third kappa shape index (κ3) is 6.48. The van der Waals surface area contributed by atoms with Crippen molar-refractivity contribution in [1.29, 1.82) is 0 Å². The van der Waals surface area contributed by atoms with Gasteiger partial charge in [0.1, 0.15) is 0 Å². The fourth-order valence-electron chi connectivity index (χ4n) is 4.03. The van der Waals surface area contributed by atoms with Crippen LogP contribution in [0.25, 0.3) is 11.5 Å². The molecule has 5 rings (SSSR count). The van der Waals surface area contributed by atoms with Gasteiger partial charge in [0.25, 0.3) is 11.1 Å². The number of piperazine rings is 1. The van der Waals surface area contributed by atoms with Crippen molar-refractivity contribution in [1.82, 2.24) is 15.1 Å². The van der Waals surface area contributed by atoms with E-state index < -0.39 is 0 Å². The summed E-state index contributed by atoms with van der Waals surface area (Å²) < 4.78 is 5.63. The topological polar surface area (TPSA) is 91.6 Å². The predicted molar refractivity (Wildman–Crippen MR) is 150 cm³/mol. The first-order valence-electron chi connectivity index (χ1n) is 11.9. The van der Waals surface area contributed by atoms with Gasteiger partial charge in [-0.05, 0) is 66.7 Å². The van der Waals surface area contributed by atoms with Crippen LogP contribution in [0.1, 0.15) is 10.4 Å². The Bertz CT molecular complexity index is 1420. The number of anilines is 2. The average Bonchev–Trinajstić information content (AvgIpc) is 3.42. The highest BCUT2D eigenvalue weighted by Crippen LogP contribution is 2.26. The lowest BCUT2D eigenvalue weighted by molar-refractivity contribution is -0.113. The number of carbonyl (C=O) groups excluding carboxylic acids is 2. The van der Waals surface area contributed by atoms with Crippen molar-refractivity contribution >= 4 is 58.2 Å². The lowest BCUT2D eigenvalue weighted by Crippen LogP contribution is -2.48. The molecule has 4 aromatic rings. The molecule has 2 heterocycles. The van der Waals surface area contributed by atoms with Crippen LogP contribution in [0.5, 0.6) is 0 Å². The zero-order valence-electron chi connectivity index (χ0n) is 20.1. The van der Waals surface area contributed by atoms with Crippen molar-refractivity contribution in [2.75, 3.05) is 42.1 Å². The van der Waals surface area contributed by atoms with Crippen LogP contribution in [-0.2, 0) is 4.79 Å². The Kier molecular flexibility index (Phi) is 8.17. The summed E-state index contributed by atoms with van der Waals surface area (Å²) in [5.74, 6) is 0.307. The van der Waals surface area contributed by atoms with E-state index >= 15 is 0 Å². The molecule has 3 aromatic carbocycles. The number of nitrogens with zero attached hydrogens (tertiary/aromatic N) is 4. The van der Waals surface area contributed by atoms with E-state index in [0.29, 0.717) is 45.5 Å². The van der Waals surface area contributed by atoms with Gasteiger partial charge in [-0.15, -0.1) is 10.2 Å². The largest absolute Gasteiger partial charge is 0.411 e. The van der Waals surface area contributed by atoms with Crippen molar-refractivity contribution in [3.05, 3.63) is 88.4 Å². The third-order valence-electron chi connectivity index (χ3n) is 5.98. The van der Waals surface area contributed by atoms with Gasteiger partial charge in [0.2, 0.25) is 11.8 Å². The van der Waals surface area contributed by atoms with Gasteiger partial charge in [-0.2, -0.15) is 0 Å². The predicted octanol–water partition coefficient (Wildman–Crippen LogP) is 5.74. The maximum Gasteiger partial charge on any atom is 0.277 e. The molecule has 1 N–H and O–H groups in total. The lowest BCUT2D eigenvalue weighted by atomic mass is 10.1. The van der Waals surface area contributed by atoms with Crippen LogP contribution >= 0.6 is 35.0 Å². The standard InChI is InChI=1S/C27H23Cl2N5O3S/c28-20-6-4-18(5-7-20)26(36)34-14-12-33(13-15-34)23-10-8-22(9-11-23)30-24(35)17-38-27-32-31-25(37-27)19-2-1-3-21(29)16-19/h1-11,16H,12-15,17H2,(H,30,35). The number of aromatic nitrogens is 2. The zero-order chi connectivity index (χ0) is 26.5. The second kappa shape index (κ2) is 11.9. The Morgan fingerprint density at radius 2 is 1.63 bits per heavy atom. The summed E-state index contributed by atoms with van der Waals surface area (Å²) in [6.45, 7) is 2.71. The highest BCUT2D eigenvalue weighted by atomic mass is 35.5. The third-order valence-corrected chi connectivity index (χ3v) is 7.28. The van der Waals surface area contributed by atoms with Gasteiger partial charge in [0.05, 0.1) is 5.75 Å². The van der Waals surface area contributed by atoms with E-state index in [1.807, 2.05) is 35.2 Å². The van der Waals surface area contributed by atoms with Crippen molar-refractivity contribution < 1.29 is 14.0 Å². The fraction of sp³-hybridized carbons (Fsp3) is 0.185. The smallest absolute Gasteiger partial charge is 0.277 e. The number of amides is 2. The molecule has 0 bridgehead atoms. The maximum absolute atomic E-state index is 12.7. The van der Waals surface area contributed by atoms with Crippen LogP contribution in [0.2, 0.25) is 10.0 Å². The van der Waals surface area contributed by atoms with E-state index in [0.717, 1.165) is 36.1 Å². The van der Waals surface area contributed by atoms with Crippen LogP contribution in [0, 0.1) is 0 Å². The Hall–Kier alpha value is -3.53. The number of thioether (sulfide) groups is 1. The first-order valence-corrected chi connectivity index (χ1v) is 13.6. The van der Waals surface area contributed by atoms with Crippen LogP contribution in [0.4, 0.5) is 11.4 Å². The molecule has 0 atom stereocenters. The van der Waals surface area contributed by atoms with Crippen molar-refractivity contribution in [2.45, 2.75) is 5.22 Å². The molecule has 38 heavy (non-hydrogen) atoms. The number of halogens is 2. The van der Waals surface area contributed by atoms with Gasteiger partial charge in [-0.3, -0.25) is 9.59 Å². The van der Waals surface area contributed by atoms with E-state index in [1.54, 1.807) is 42.5 Å². The second-order valence-corrected chi connectivity index (χ2v) is 10.4. The van der Waals surface area contributed by atoms with E-state index in [2.05, 4.69) is 20.4 Å². The molecule has 11 heteroatoms. The Labute approximate surface area is 233 Å². The summed E-state index contributed by atoms with van der Waals surface area (Å²) >= 11 is 13.1. The summed E-state index contributed by atoms with van der Waals surface area (Å²) in [6.07, 6.45) is 0. The molecular weight excluding hydrogens is 545 g/mol. The van der Waals surface area contributed by atoms with Gasteiger partial charge in [-0.25, -0.2) is 0 Å². The highest BCUT2D eigenvalue weighted by Gasteiger charge is 2.22. The molecule has 0 spiro atoms. The van der Waals surface area contributed by atoms with Gasteiger partial charge >= 0.3 is 0 Å². The van der Waals surface area contributed by atoms with Crippen LogP contribution in [-0.4, -0.2) is 58.8 Å². The normalized spacial score (nSPS) is 13.4. The summed E-state index contributed by atoms with van der Waals surface area (Å²) in [6, 6.07) is 21.8. The first-order chi connectivity index (χ1) is 18.4. The average molecular weight is 568 g/mol. The SMILES string of the molecule is O=C(CSc1nnc(-c2cccc(Cl)c2)o1)Nc1ccc(N2CCN(C(=O)c3ccc(Cl)cc3)CC2)cc1. The zero-order valence-corrected chi connectivity index (χ0v) is 22.5. The Balaban J connectivity index is 1.09. The fourth-order valence-corrected chi connectivity index (χ4v) is 4.91. The first kappa shape index (κ1) is 26.1. The van der Waals surface area contributed by atoms with Gasteiger partial charge in [0, 0.05) is 58.7 Å². The molecule has 1 aromatic heterocycles. The molecule has 0 radical (unpaired) electrons. The quantitative estimate of drug-likeness (QED) is 0.285. The lowest BCUT2D eigenvalue weighted by Gasteiger charge is -2.36. The number of hydrogen-bond donors (Lipinski definition) is 1. The molecule has 194 valence electrons. The number of nitrogens with one attached hydrogen (secondary N) is 1. The molecule has 0 saturated carbocycles. The van der Waals surface area contributed by atoms with E-state index in [-0.39, 0.29) is 17.6 Å². The minimum absolute atomic E-state index is 0.0125. The minimum atomic E-state index is -0.181. The van der Waals surface area contributed by atoms with E-state index in [4.69, 9.17) is 27.6 Å². The maximum atomic E-state index is 12.7. The molecule has 1 fully saturated rings. The summed E-state index contributed by atoms with van der Waals surface area (Å²) in [4.78, 5) is 29.2. The Morgan fingerprint density at radius 3 is 2.34 bits per heavy atom. The summed E-state index contributed by atoms with van der Waals surface area (Å²) in [5.41, 5.74) is 3.09. The summed E-state index contributed by atoms with van der Waals surface area (Å²) in [5, 5.41) is 12.4. The molecule has 0 aliphatic carbocycles. The number of rotatable bonds is 7. The number of carbonyl (C=O) groups is 2.